The van der Waals surface area contributed by atoms with E-state index in [1.165, 1.54) is 128 Å². The number of quaternary nitrogens is 1. The second-order valence-corrected chi connectivity index (χ2v) is 17.3. The summed E-state index contributed by atoms with van der Waals surface area (Å²) in [5.74, 6) is 0.489. The third-order valence-electron chi connectivity index (χ3n) is 11.1. The predicted molar refractivity (Wildman–Crippen MR) is 214 cm³/mol. The van der Waals surface area contributed by atoms with Crippen LogP contribution in [0.2, 0.25) is 0 Å². The van der Waals surface area contributed by atoms with E-state index in [0.29, 0.717) is 19.1 Å². The molecule has 298 valence electrons. The molecule has 0 amide bonds. The number of benzene rings is 1. The van der Waals surface area contributed by atoms with Crippen molar-refractivity contribution in [2.24, 2.45) is 22.5 Å². The van der Waals surface area contributed by atoms with Crippen LogP contribution in [0.1, 0.15) is 194 Å². The average molecular weight is 720 g/mol. The summed E-state index contributed by atoms with van der Waals surface area (Å²) in [6, 6.07) is 7.82. The number of hydrogen-bond donors (Lipinski definition) is 7. The van der Waals surface area contributed by atoms with Crippen LogP contribution in [0.3, 0.4) is 0 Å². The molecule has 8 nitrogen and oxygen atoms in total. The van der Waals surface area contributed by atoms with E-state index >= 15 is 0 Å². The minimum atomic E-state index is -1.02. The number of nitrogens with two attached hydrogens (primary N) is 2. The summed E-state index contributed by atoms with van der Waals surface area (Å²) in [4.78, 5) is 0. The maximum absolute atomic E-state index is 11.0. The van der Waals surface area contributed by atoms with Crippen LogP contribution in [0, 0.1) is 16.7 Å². The van der Waals surface area contributed by atoms with E-state index in [4.69, 9.17) is 10.5 Å². The topological polar surface area (TPSA) is 137 Å². The van der Waals surface area contributed by atoms with Crippen molar-refractivity contribution in [3.8, 4) is 0 Å². The maximum atomic E-state index is 11.0. The molecule has 51 heavy (non-hydrogen) atoms. The van der Waals surface area contributed by atoms with Gasteiger partial charge < -0.3 is 30.7 Å². The second-order valence-electron chi connectivity index (χ2n) is 17.3. The van der Waals surface area contributed by atoms with Crippen molar-refractivity contribution in [3.05, 3.63) is 29.8 Å². The smallest absolute Gasteiger partial charge is 0.269 e. The van der Waals surface area contributed by atoms with Crippen LogP contribution in [-0.4, -0.2) is 47.2 Å². The summed E-state index contributed by atoms with van der Waals surface area (Å²) in [5.41, 5.74) is 7.18. The van der Waals surface area contributed by atoms with E-state index in [1.807, 2.05) is 29.6 Å². The largest absolute Gasteiger partial charge is 0.366 e. The molecule has 0 saturated heterocycles. The minimum Gasteiger partial charge on any atom is -0.366 e. The van der Waals surface area contributed by atoms with Crippen LogP contribution < -0.4 is 21.7 Å². The molecule has 8 heteroatoms. The number of ether oxygens (including phenoxy) is 1. The van der Waals surface area contributed by atoms with Gasteiger partial charge in [0.2, 0.25) is 0 Å². The van der Waals surface area contributed by atoms with Crippen LogP contribution in [-0.2, 0) is 4.74 Å². The van der Waals surface area contributed by atoms with Gasteiger partial charge in [-0.05, 0) is 48.1 Å². The third-order valence-corrected chi connectivity index (χ3v) is 11.1. The number of rotatable bonds is 31. The second kappa shape index (κ2) is 26.5. The zero-order valence-electron chi connectivity index (χ0n) is 33.8. The molecule has 0 heterocycles. The van der Waals surface area contributed by atoms with Crippen LogP contribution in [0.25, 0.3) is 0 Å². The lowest BCUT2D eigenvalue weighted by molar-refractivity contribution is -0.752. The number of hydrogen-bond acceptors (Lipinski definition) is 7. The molecule has 1 aromatic rings. The summed E-state index contributed by atoms with van der Waals surface area (Å²) in [6.45, 7) is 12.6. The van der Waals surface area contributed by atoms with Crippen LogP contribution in [0.4, 0.5) is 5.69 Å². The number of unbranched alkanes of at least 4 members (excludes halogenated alkanes) is 16. The average Bonchev–Trinajstić information content (AvgIpc) is 3.07. The van der Waals surface area contributed by atoms with Gasteiger partial charge in [0.25, 0.3) is 6.35 Å². The minimum absolute atomic E-state index is 0.0269. The van der Waals surface area contributed by atoms with Gasteiger partial charge in [0, 0.05) is 30.6 Å². The summed E-state index contributed by atoms with van der Waals surface area (Å²) in [5, 5.41) is 39.7. The Bertz CT molecular complexity index is 977. The molecule has 0 aromatic heterocycles. The molecule has 1 aromatic carbocycles. The molecule has 0 spiro atoms. The van der Waals surface area contributed by atoms with Gasteiger partial charge >= 0.3 is 0 Å². The Balaban J connectivity index is 1.80. The van der Waals surface area contributed by atoms with E-state index < -0.39 is 19.0 Å². The van der Waals surface area contributed by atoms with Crippen LogP contribution in [0.15, 0.2) is 24.3 Å². The molecule has 0 bridgehead atoms. The Hall–Kier alpha value is -1.26. The Morgan fingerprint density at radius 2 is 1.24 bits per heavy atom. The lowest BCUT2D eigenvalue weighted by Crippen LogP contribution is -2.97. The fraction of sp³-hybridized carbons (Fsp3) is 0.860. The standard InChI is InChI=1S/C43H82N4O4/c1-6-8-10-12-14-16-17-19-21-23-25-35(24-22-20-18-15-13-11-9-7-2)32-51-39(48)36-26-28-37(29-27-36)46-41(50)47-38-30-42(3,4)33-43(5,31-38)34-45-40(44)49/h26-29,35,38-41,45-50H,6-25,30-34,44H2,1-5H3/p+1. The van der Waals surface area contributed by atoms with Gasteiger partial charge in [-0.15, -0.1) is 0 Å². The monoisotopic (exact) mass is 720 g/mol. The lowest BCUT2D eigenvalue weighted by atomic mass is 9.62. The molecule has 1 aliphatic carbocycles. The van der Waals surface area contributed by atoms with Crippen molar-refractivity contribution >= 4 is 5.69 Å². The molecule has 0 radical (unpaired) electrons. The van der Waals surface area contributed by atoms with E-state index in [0.717, 1.165) is 30.5 Å². The fourth-order valence-electron chi connectivity index (χ4n) is 8.68. The molecule has 1 aliphatic rings. The highest BCUT2D eigenvalue weighted by atomic mass is 16.6. The van der Waals surface area contributed by atoms with Crippen molar-refractivity contribution in [3.63, 3.8) is 0 Å². The van der Waals surface area contributed by atoms with E-state index in [9.17, 15) is 15.3 Å². The first kappa shape index (κ1) is 45.9. The van der Waals surface area contributed by atoms with Gasteiger partial charge in [0.15, 0.2) is 12.6 Å². The Morgan fingerprint density at radius 3 is 1.73 bits per heavy atom. The van der Waals surface area contributed by atoms with Crippen molar-refractivity contribution < 1.29 is 25.4 Å². The van der Waals surface area contributed by atoms with Gasteiger partial charge in [0.1, 0.15) is 0 Å². The SMILES string of the molecule is CCCCCCCCCCCCC(CCCCCCCCCC)COC(O)c1ccc(NC(O)[NH2+]C2CC(C)(C)CC(C)(CNC(N)O)C2)cc1. The number of anilines is 1. The first-order valence-corrected chi connectivity index (χ1v) is 21.3. The molecule has 1 fully saturated rings. The molecular formula is C43H83N4O4+. The molecule has 6 atom stereocenters. The zero-order valence-corrected chi connectivity index (χ0v) is 33.8. The van der Waals surface area contributed by atoms with Crippen molar-refractivity contribution in [1.82, 2.24) is 5.32 Å². The third kappa shape index (κ3) is 21.9. The lowest BCUT2D eigenvalue weighted by Gasteiger charge is -2.46. The highest BCUT2D eigenvalue weighted by molar-refractivity contribution is 5.44. The quantitative estimate of drug-likeness (QED) is 0.0301. The molecule has 6 unspecified atom stereocenters. The van der Waals surface area contributed by atoms with Crippen molar-refractivity contribution in [2.75, 3.05) is 18.5 Å². The van der Waals surface area contributed by atoms with E-state index in [-0.39, 0.29) is 16.9 Å². The maximum Gasteiger partial charge on any atom is 0.269 e. The first-order valence-electron chi connectivity index (χ1n) is 21.3. The summed E-state index contributed by atoms with van der Waals surface area (Å²) < 4.78 is 6.10. The fourth-order valence-corrected chi connectivity index (χ4v) is 8.68. The molecule has 1 saturated carbocycles. The number of nitrogens with one attached hydrogen (secondary N) is 2. The Morgan fingerprint density at radius 1 is 0.745 bits per heavy atom. The van der Waals surface area contributed by atoms with Gasteiger partial charge in [0.05, 0.1) is 12.6 Å². The molecule has 9 N–H and O–H groups in total. The summed E-state index contributed by atoms with van der Waals surface area (Å²) >= 11 is 0. The van der Waals surface area contributed by atoms with Crippen LogP contribution in [0.5, 0.6) is 0 Å². The van der Waals surface area contributed by atoms with Gasteiger partial charge in [-0.3, -0.25) is 11.1 Å². The van der Waals surface area contributed by atoms with E-state index in [1.54, 1.807) is 0 Å². The molecular weight excluding hydrogens is 636 g/mol. The highest BCUT2D eigenvalue weighted by Crippen LogP contribution is 2.45. The normalized spacial score (nSPS) is 21.3. The van der Waals surface area contributed by atoms with E-state index in [2.05, 4.69) is 45.3 Å². The Kier molecular flexibility index (Phi) is 23.9. The predicted octanol–water partition coefficient (Wildman–Crippen LogP) is 8.81. The van der Waals surface area contributed by atoms with Crippen molar-refractivity contribution in [1.29, 1.82) is 0 Å². The zero-order chi connectivity index (χ0) is 37.4. The van der Waals surface area contributed by atoms with Gasteiger partial charge in [-0.25, -0.2) is 0 Å². The highest BCUT2D eigenvalue weighted by Gasteiger charge is 2.43. The molecule has 0 aliphatic heterocycles. The summed E-state index contributed by atoms with van der Waals surface area (Å²) in [6.07, 6.45) is 26.7. The van der Waals surface area contributed by atoms with Crippen LogP contribution >= 0.6 is 0 Å². The first-order chi connectivity index (χ1) is 24.4. The number of aliphatic hydroxyl groups excluding tert-OH is 3. The number of aliphatic hydroxyl groups is 3. The van der Waals surface area contributed by atoms with Crippen molar-refractivity contribution in [2.45, 2.75) is 207 Å². The van der Waals surface area contributed by atoms with Gasteiger partial charge in [-0.2, -0.15) is 0 Å². The Labute approximate surface area is 313 Å². The van der Waals surface area contributed by atoms with Gasteiger partial charge in [-0.1, -0.05) is 162 Å². The molecule has 2 rings (SSSR count). The summed E-state index contributed by atoms with van der Waals surface area (Å²) in [7, 11) is 0.